The Bertz CT molecular complexity index is 453. The Morgan fingerprint density at radius 3 is 2.57 bits per heavy atom. The maximum atomic E-state index is 12.9. The average molecular weight is 324 g/mol. The lowest BCUT2D eigenvalue weighted by Gasteiger charge is -2.38. The third kappa shape index (κ3) is 4.56. The minimum Gasteiger partial charge on any atom is -0.467 e. The summed E-state index contributed by atoms with van der Waals surface area (Å²) < 4.78 is 10.7. The molecule has 1 aliphatic rings. The highest BCUT2D eigenvalue weighted by molar-refractivity contribution is 5.82. The molecule has 1 aliphatic heterocycles. The molecule has 1 aromatic heterocycles. The van der Waals surface area contributed by atoms with Crippen LogP contribution >= 0.6 is 0 Å². The van der Waals surface area contributed by atoms with Crippen LogP contribution in [-0.2, 0) is 9.53 Å². The number of aliphatic hydroxyl groups excluding tert-OH is 1. The summed E-state index contributed by atoms with van der Waals surface area (Å²) in [5.41, 5.74) is 0. The molecule has 0 radical (unpaired) electrons. The summed E-state index contributed by atoms with van der Waals surface area (Å²) in [6, 6.07) is 2.82. The van der Waals surface area contributed by atoms with E-state index in [0.717, 1.165) is 25.9 Å². The molecule has 6 heteroatoms. The molecule has 2 heterocycles. The number of hydrogen-bond acceptors (Lipinski definition) is 5. The summed E-state index contributed by atoms with van der Waals surface area (Å²) in [5, 5.41) is 12.5. The normalized spacial score (nSPS) is 18.8. The molecule has 2 rings (SSSR count). The minimum absolute atomic E-state index is 0.0453. The van der Waals surface area contributed by atoms with Crippen molar-refractivity contribution in [1.82, 2.24) is 10.2 Å². The molecule has 0 aromatic carbocycles. The van der Waals surface area contributed by atoms with E-state index < -0.39 is 6.04 Å². The van der Waals surface area contributed by atoms with E-state index in [0.29, 0.717) is 19.0 Å². The lowest BCUT2D eigenvalue weighted by molar-refractivity contribution is -0.132. The molecule has 6 nitrogen and oxygen atoms in total. The van der Waals surface area contributed by atoms with Crippen molar-refractivity contribution < 1.29 is 19.1 Å². The summed E-state index contributed by atoms with van der Waals surface area (Å²) in [4.78, 5) is 15.1. The fraction of sp³-hybridized carbons (Fsp3) is 0.706. The van der Waals surface area contributed by atoms with Gasteiger partial charge in [0.25, 0.3) is 0 Å². The van der Waals surface area contributed by atoms with Crippen molar-refractivity contribution in [3.63, 3.8) is 0 Å². The Labute approximate surface area is 137 Å². The van der Waals surface area contributed by atoms with Gasteiger partial charge in [-0.25, -0.2) is 0 Å². The van der Waals surface area contributed by atoms with Crippen LogP contribution in [0.25, 0.3) is 0 Å². The highest BCUT2D eigenvalue weighted by Gasteiger charge is 2.34. The van der Waals surface area contributed by atoms with Gasteiger partial charge in [-0.05, 0) is 18.1 Å². The molecule has 23 heavy (non-hydrogen) atoms. The molecule has 0 bridgehead atoms. The molecule has 0 spiro atoms. The summed E-state index contributed by atoms with van der Waals surface area (Å²) in [6.07, 6.45) is 3.43. The molecule has 0 saturated carbocycles. The smallest absolute Gasteiger partial charge is 0.238 e. The molecule has 2 atom stereocenters. The van der Waals surface area contributed by atoms with Gasteiger partial charge in [-0.15, -0.1) is 0 Å². The molecule has 1 aromatic rings. The zero-order valence-corrected chi connectivity index (χ0v) is 14.0. The van der Waals surface area contributed by atoms with Gasteiger partial charge in [-0.1, -0.05) is 26.7 Å². The predicted molar refractivity (Wildman–Crippen MR) is 86.9 cm³/mol. The molecule has 1 saturated heterocycles. The van der Waals surface area contributed by atoms with E-state index in [-0.39, 0.29) is 24.5 Å². The maximum absolute atomic E-state index is 12.9. The van der Waals surface area contributed by atoms with Crippen LogP contribution in [0.5, 0.6) is 0 Å². The van der Waals surface area contributed by atoms with E-state index in [1.54, 1.807) is 18.4 Å². The number of hydrogen-bond donors (Lipinski definition) is 2. The highest BCUT2D eigenvalue weighted by Crippen LogP contribution is 2.22. The van der Waals surface area contributed by atoms with Gasteiger partial charge in [0.2, 0.25) is 5.91 Å². The number of nitrogens with one attached hydrogen (secondary N) is 1. The van der Waals surface area contributed by atoms with E-state index in [1.807, 2.05) is 0 Å². The SMILES string of the molecule is CCC(CC)C(C(=O)NC(CO)c1ccco1)N1CCOCC1. The topological polar surface area (TPSA) is 74.9 Å². The second-order valence-corrected chi connectivity index (χ2v) is 5.93. The molecule has 2 N–H and O–H groups in total. The van der Waals surface area contributed by atoms with Gasteiger partial charge in [0.15, 0.2) is 0 Å². The zero-order valence-electron chi connectivity index (χ0n) is 14.0. The fourth-order valence-corrected chi connectivity index (χ4v) is 3.22. The molecule has 2 unspecified atom stereocenters. The number of amides is 1. The summed E-state index contributed by atoms with van der Waals surface area (Å²) in [5.74, 6) is 0.811. The van der Waals surface area contributed by atoms with Gasteiger partial charge in [-0.2, -0.15) is 0 Å². The van der Waals surface area contributed by atoms with E-state index in [9.17, 15) is 9.90 Å². The van der Waals surface area contributed by atoms with E-state index in [2.05, 4.69) is 24.1 Å². The van der Waals surface area contributed by atoms with Crippen LogP contribution < -0.4 is 5.32 Å². The summed E-state index contributed by atoms with van der Waals surface area (Å²) in [6.45, 7) is 6.89. The Morgan fingerprint density at radius 1 is 1.35 bits per heavy atom. The lowest BCUT2D eigenvalue weighted by atomic mass is 9.91. The lowest BCUT2D eigenvalue weighted by Crippen LogP contribution is -2.55. The number of carbonyl (C=O) groups is 1. The number of furan rings is 1. The van der Waals surface area contributed by atoms with Crippen molar-refractivity contribution in [1.29, 1.82) is 0 Å². The maximum Gasteiger partial charge on any atom is 0.238 e. The molecular formula is C17H28N2O4. The first-order valence-corrected chi connectivity index (χ1v) is 8.47. The van der Waals surface area contributed by atoms with Crippen LogP contribution in [0.1, 0.15) is 38.5 Å². The van der Waals surface area contributed by atoms with E-state index >= 15 is 0 Å². The largest absolute Gasteiger partial charge is 0.467 e. The standard InChI is InChI=1S/C17H28N2O4/c1-3-13(4-2)16(19-7-10-22-11-8-19)17(21)18-14(12-20)15-6-5-9-23-15/h5-6,9,13-14,16,20H,3-4,7-8,10-12H2,1-2H3,(H,18,21). The first-order valence-electron chi connectivity index (χ1n) is 8.47. The van der Waals surface area contributed by atoms with Gasteiger partial charge >= 0.3 is 0 Å². The fourth-order valence-electron chi connectivity index (χ4n) is 3.22. The average Bonchev–Trinajstić information content (AvgIpc) is 3.12. The Kier molecular flexibility index (Phi) is 7.08. The number of rotatable bonds is 8. The molecule has 0 aliphatic carbocycles. The molecule has 130 valence electrons. The van der Waals surface area contributed by atoms with Crippen molar-refractivity contribution in [2.24, 2.45) is 5.92 Å². The van der Waals surface area contributed by atoms with Crippen molar-refractivity contribution in [3.8, 4) is 0 Å². The minimum atomic E-state index is -0.504. The van der Waals surface area contributed by atoms with E-state index in [4.69, 9.17) is 9.15 Å². The highest BCUT2D eigenvalue weighted by atomic mass is 16.5. The Morgan fingerprint density at radius 2 is 2.04 bits per heavy atom. The van der Waals surface area contributed by atoms with Gasteiger partial charge in [0.1, 0.15) is 11.8 Å². The van der Waals surface area contributed by atoms with Crippen LogP contribution in [0, 0.1) is 5.92 Å². The second kappa shape index (κ2) is 9.05. The van der Waals surface area contributed by atoms with Gasteiger partial charge < -0.3 is 19.6 Å². The first kappa shape index (κ1) is 18.0. The monoisotopic (exact) mass is 324 g/mol. The van der Waals surface area contributed by atoms with Crippen molar-refractivity contribution >= 4 is 5.91 Å². The molecular weight excluding hydrogens is 296 g/mol. The Balaban J connectivity index is 2.11. The molecule has 1 amide bonds. The number of carbonyl (C=O) groups excluding carboxylic acids is 1. The van der Waals surface area contributed by atoms with Gasteiger partial charge in [0.05, 0.1) is 32.1 Å². The van der Waals surface area contributed by atoms with Crippen LogP contribution in [0.15, 0.2) is 22.8 Å². The van der Waals surface area contributed by atoms with Crippen molar-refractivity contribution in [2.75, 3.05) is 32.9 Å². The van der Waals surface area contributed by atoms with Crippen LogP contribution in [0.3, 0.4) is 0 Å². The van der Waals surface area contributed by atoms with E-state index in [1.165, 1.54) is 0 Å². The van der Waals surface area contributed by atoms with Crippen LogP contribution in [-0.4, -0.2) is 54.9 Å². The Hall–Kier alpha value is -1.37. The quantitative estimate of drug-likeness (QED) is 0.759. The number of aliphatic hydroxyl groups is 1. The number of morpholine rings is 1. The van der Waals surface area contributed by atoms with Gasteiger partial charge in [0, 0.05) is 13.1 Å². The first-order chi connectivity index (χ1) is 11.2. The van der Waals surface area contributed by atoms with Crippen LogP contribution in [0.2, 0.25) is 0 Å². The van der Waals surface area contributed by atoms with Crippen LogP contribution in [0.4, 0.5) is 0 Å². The van der Waals surface area contributed by atoms with Crippen molar-refractivity contribution in [2.45, 2.75) is 38.8 Å². The van der Waals surface area contributed by atoms with Gasteiger partial charge in [-0.3, -0.25) is 9.69 Å². The third-order valence-electron chi connectivity index (χ3n) is 4.59. The number of nitrogens with zero attached hydrogens (tertiary/aromatic N) is 1. The third-order valence-corrected chi connectivity index (χ3v) is 4.59. The van der Waals surface area contributed by atoms with Crippen molar-refractivity contribution in [3.05, 3.63) is 24.2 Å². The number of ether oxygens (including phenoxy) is 1. The molecule has 1 fully saturated rings. The summed E-state index contributed by atoms with van der Waals surface area (Å²) in [7, 11) is 0. The summed E-state index contributed by atoms with van der Waals surface area (Å²) >= 11 is 0. The zero-order chi connectivity index (χ0) is 16.7. The predicted octanol–water partition coefficient (Wildman–Crippen LogP) is 1.57. The second-order valence-electron chi connectivity index (χ2n) is 5.93.